The molecule has 2 aromatic carbocycles. The molecule has 0 aliphatic carbocycles. The number of aryl methyl sites for hydroxylation is 1. The summed E-state index contributed by atoms with van der Waals surface area (Å²) in [6.45, 7) is 16.1. The normalized spacial score (nSPS) is 18.7. The van der Waals surface area contributed by atoms with Crippen LogP contribution in [0.1, 0.15) is 30.9 Å². The lowest BCUT2D eigenvalue weighted by Crippen LogP contribution is -2.49. The smallest absolute Gasteiger partial charge is 0.151 e. The zero-order valence-corrected chi connectivity index (χ0v) is 21.7. The van der Waals surface area contributed by atoms with Gasteiger partial charge in [-0.15, -0.1) is 0 Å². The van der Waals surface area contributed by atoms with Crippen LogP contribution in [0.5, 0.6) is 5.75 Å². The van der Waals surface area contributed by atoms with E-state index in [-0.39, 0.29) is 0 Å². The van der Waals surface area contributed by atoms with E-state index in [0.29, 0.717) is 12.6 Å². The average molecular weight is 488 g/mol. The topological polar surface area (TPSA) is 46.0 Å². The summed E-state index contributed by atoms with van der Waals surface area (Å²) in [5.74, 6) is 1.89. The molecule has 1 aromatic heterocycles. The van der Waals surface area contributed by atoms with Gasteiger partial charge in [0.1, 0.15) is 12.4 Å². The first-order valence-corrected chi connectivity index (χ1v) is 13.3. The fourth-order valence-electron chi connectivity index (χ4n) is 5.67. The summed E-state index contributed by atoms with van der Waals surface area (Å²) in [5, 5.41) is 0. The molecule has 36 heavy (non-hydrogen) atoms. The van der Waals surface area contributed by atoms with Crippen LogP contribution in [0, 0.1) is 6.92 Å². The Hall–Kier alpha value is -2.87. The minimum absolute atomic E-state index is 0.500. The van der Waals surface area contributed by atoms with Crippen molar-refractivity contribution in [3.8, 4) is 22.6 Å². The molecule has 3 aromatic rings. The lowest BCUT2D eigenvalue weighted by Gasteiger charge is -2.38. The Morgan fingerprint density at radius 2 is 1.61 bits per heavy atom. The van der Waals surface area contributed by atoms with Crippen LogP contribution in [-0.2, 0) is 17.9 Å². The van der Waals surface area contributed by atoms with Crippen molar-refractivity contribution in [2.75, 3.05) is 57.4 Å². The van der Waals surface area contributed by atoms with E-state index in [0.717, 1.165) is 82.0 Å². The number of nitrogens with zero attached hydrogens (tertiary/aromatic N) is 5. The molecule has 0 unspecified atom stereocenters. The number of aromatic nitrogens is 2. The van der Waals surface area contributed by atoms with Crippen LogP contribution in [0.3, 0.4) is 0 Å². The van der Waals surface area contributed by atoms with E-state index in [1.807, 2.05) is 0 Å². The quantitative estimate of drug-likeness (QED) is 0.540. The van der Waals surface area contributed by atoms with E-state index in [2.05, 4.69) is 82.6 Å². The summed E-state index contributed by atoms with van der Waals surface area (Å²) in [4.78, 5) is 12.3. The van der Waals surface area contributed by atoms with Crippen LogP contribution in [0.2, 0.25) is 0 Å². The minimum Gasteiger partial charge on any atom is -0.483 e. The van der Waals surface area contributed by atoms with E-state index in [9.17, 15) is 0 Å². The van der Waals surface area contributed by atoms with Gasteiger partial charge in [0.2, 0.25) is 0 Å². The molecule has 0 bridgehead atoms. The number of benzene rings is 2. The summed E-state index contributed by atoms with van der Waals surface area (Å²) in [6, 6.07) is 14.0. The van der Waals surface area contributed by atoms with Gasteiger partial charge in [-0.25, -0.2) is 4.98 Å². The Labute approximate surface area is 214 Å². The van der Waals surface area contributed by atoms with Gasteiger partial charge in [-0.3, -0.25) is 14.4 Å². The van der Waals surface area contributed by atoms with Gasteiger partial charge in [0.25, 0.3) is 0 Å². The summed E-state index contributed by atoms with van der Waals surface area (Å²) in [5.41, 5.74) is 7.25. The third-order valence-corrected chi connectivity index (χ3v) is 7.81. The molecule has 4 heterocycles. The molecule has 0 amide bonds. The second-order valence-electron chi connectivity index (χ2n) is 10.5. The molecule has 6 rings (SSSR count). The van der Waals surface area contributed by atoms with Crippen LogP contribution in [0.15, 0.2) is 42.6 Å². The maximum atomic E-state index is 6.16. The maximum Gasteiger partial charge on any atom is 0.151 e. The molecule has 190 valence electrons. The Balaban J connectivity index is 1.19. The van der Waals surface area contributed by atoms with Gasteiger partial charge in [-0.1, -0.05) is 12.1 Å². The van der Waals surface area contributed by atoms with Crippen LogP contribution >= 0.6 is 0 Å². The van der Waals surface area contributed by atoms with Crippen LogP contribution in [0.4, 0.5) is 5.69 Å². The zero-order chi connectivity index (χ0) is 24.6. The summed E-state index contributed by atoms with van der Waals surface area (Å²) < 4.78 is 13.8. The largest absolute Gasteiger partial charge is 0.483 e. The predicted octanol–water partition coefficient (Wildman–Crippen LogP) is 4.10. The molecule has 0 atom stereocenters. The summed E-state index contributed by atoms with van der Waals surface area (Å²) in [7, 11) is 0. The first-order valence-electron chi connectivity index (χ1n) is 13.3. The van der Waals surface area contributed by atoms with Gasteiger partial charge >= 0.3 is 0 Å². The van der Waals surface area contributed by atoms with Gasteiger partial charge in [0.15, 0.2) is 5.82 Å². The Bertz CT molecular complexity index is 1220. The van der Waals surface area contributed by atoms with E-state index in [1.165, 1.54) is 22.4 Å². The van der Waals surface area contributed by atoms with Crippen LogP contribution < -0.4 is 9.64 Å². The SMILES string of the molecule is Cc1cc(-c2ccc3c(c2)OCc2nc(CN4CCOCC4)cn2-3)ccc1N1CCN(C(C)C)CC1. The molecular weight excluding hydrogens is 450 g/mol. The average Bonchev–Trinajstić information content (AvgIpc) is 3.32. The number of rotatable bonds is 5. The third-order valence-electron chi connectivity index (χ3n) is 7.81. The van der Waals surface area contributed by atoms with Crippen molar-refractivity contribution in [3.05, 3.63) is 59.7 Å². The molecule has 0 N–H and O–H groups in total. The molecule has 0 radical (unpaired) electrons. The van der Waals surface area contributed by atoms with Gasteiger partial charge in [0, 0.05) is 63.7 Å². The third kappa shape index (κ3) is 4.63. The summed E-state index contributed by atoms with van der Waals surface area (Å²) in [6.07, 6.45) is 2.17. The van der Waals surface area contributed by atoms with E-state index in [4.69, 9.17) is 14.5 Å². The highest BCUT2D eigenvalue weighted by Gasteiger charge is 2.23. The molecule has 3 aliphatic rings. The monoisotopic (exact) mass is 487 g/mol. The highest BCUT2D eigenvalue weighted by atomic mass is 16.5. The molecule has 0 spiro atoms. The van der Waals surface area contributed by atoms with Crippen molar-refractivity contribution < 1.29 is 9.47 Å². The molecular formula is C29H37N5O2. The summed E-state index contributed by atoms with van der Waals surface area (Å²) >= 11 is 0. The van der Waals surface area contributed by atoms with E-state index >= 15 is 0 Å². The van der Waals surface area contributed by atoms with Crippen LogP contribution in [-0.4, -0.2) is 77.9 Å². The van der Waals surface area contributed by atoms with Gasteiger partial charge < -0.3 is 14.4 Å². The second kappa shape index (κ2) is 9.88. The molecule has 2 saturated heterocycles. The standard InChI is InChI=1S/C29H37N5O2/c1-21(2)32-8-10-33(11-9-32)26-6-4-23(16-22(26)3)24-5-7-27-28(17-24)36-20-29-30-25(19-34(27)29)18-31-12-14-35-15-13-31/h4-7,16-17,19,21H,8-15,18,20H2,1-3H3. The number of anilines is 1. The zero-order valence-electron chi connectivity index (χ0n) is 21.7. The molecule has 0 saturated carbocycles. The first-order chi connectivity index (χ1) is 17.5. The Morgan fingerprint density at radius 1 is 0.889 bits per heavy atom. The number of morpholine rings is 1. The van der Waals surface area contributed by atoms with Crippen molar-refractivity contribution in [3.63, 3.8) is 0 Å². The van der Waals surface area contributed by atoms with Crippen LogP contribution in [0.25, 0.3) is 16.8 Å². The van der Waals surface area contributed by atoms with Crippen molar-refractivity contribution in [1.29, 1.82) is 0 Å². The van der Waals surface area contributed by atoms with Gasteiger partial charge in [-0.2, -0.15) is 0 Å². The van der Waals surface area contributed by atoms with Gasteiger partial charge in [-0.05, 0) is 61.7 Å². The second-order valence-corrected chi connectivity index (χ2v) is 10.5. The number of ether oxygens (including phenoxy) is 2. The highest BCUT2D eigenvalue weighted by molar-refractivity contribution is 5.72. The highest BCUT2D eigenvalue weighted by Crippen LogP contribution is 2.35. The fraction of sp³-hybridized carbons (Fsp3) is 0.483. The van der Waals surface area contributed by atoms with Crippen molar-refractivity contribution in [2.24, 2.45) is 0 Å². The molecule has 7 nitrogen and oxygen atoms in total. The van der Waals surface area contributed by atoms with Crippen molar-refractivity contribution >= 4 is 5.69 Å². The Morgan fingerprint density at radius 3 is 2.33 bits per heavy atom. The lowest BCUT2D eigenvalue weighted by molar-refractivity contribution is 0.0337. The number of imidazole rings is 1. The fourth-order valence-corrected chi connectivity index (χ4v) is 5.67. The van der Waals surface area contributed by atoms with E-state index < -0.39 is 0 Å². The molecule has 3 aliphatic heterocycles. The number of fused-ring (bicyclic) bond motifs is 3. The number of hydrogen-bond acceptors (Lipinski definition) is 6. The van der Waals surface area contributed by atoms with Crippen molar-refractivity contribution in [1.82, 2.24) is 19.4 Å². The first kappa shape index (κ1) is 23.5. The number of piperazine rings is 1. The molecule has 7 heteroatoms. The lowest BCUT2D eigenvalue weighted by atomic mass is 10.0. The minimum atomic E-state index is 0.500. The van der Waals surface area contributed by atoms with E-state index in [1.54, 1.807) is 0 Å². The number of hydrogen-bond donors (Lipinski definition) is 0. The van der Waals surface area contributed by atoms with Gasteiger partial charge in [0.05, 0.1) is 24.6 Å². The Kier molecular flexibility index (Phi) is 6.46. The molecule has 2 fully saturated rings. The maximum absolute atomic E-state index is 6.16. The van der Waals surface area contributed by atoms with Crippen molar-refractivity contribution in [2.45, 2.75) is 40.0 Å². The predicted molar refractivity (Wildman–Crippen MR) is 143 cm³/mol.